The van der Waals surface area contributed by atoms with Gasteiger partial charge in [-0.2, -0.15) is 0 Å². The Balaban J connectivity index is 1.70. The molecule has 29 heavy (non-hydrogen) atoms. The van der Waals surface area contributed by atoms with Crippen molar-refractivity contribution in [2.45, 2.75) is 12.6 Å². The summed E-state index contributed by atoms with van der Waals surface area (Å²) >= 11 is 0. The lowest BCUT2D eigenvalue weighted by molar-refractivity contribution is -0.122. The number of nitrogens with zero attached hydrogens (tertiary/aromatic N) is 5. The second kappa shape index (κ2) is 7.92. The Morgan fingerprint density at radius 2 is 1.83 bits per heavy atom. The highest BCUT2D eigenvalue weighted by atomic mass is 16.3. The van der Waals surface area contributed by atoms with Crippen LogP contribution in [0.5, 0.6) is 0 Å². The average Bonchev–Trinajstić information content (AvgIpc) is 3.12. The molecule has 1 unspecified atom stereocenters. The van der Waals surface area contributed by atoms with Crippen molar-refractivity contribution in [1.82, 2.24) is 24.0 Å². The van der Waals surface area contributed by atoms with E-state index in [2.05, 4.69) is 10.3 Å². The highest BCUT2D eigenvalue weighted by Gasteiger charge is 2.16. The van der Waals surface area contributed by atoms with E-state index in [1.165, 1.54) is 29.6 Å². The van der Waals surface area contributed by atoms with Crippen LogP contribution < -0.4 is 21.5 Å². The fraction of sp³-hybridized carbons (Fsp3) is 0.368. The summed E-state index contributed by atoms with van der Waals surface area (Å²) in [6.45, 7) is -0.125. The first kappa shape index (κ1) is 20.3. The summed E-state index contributed by atoms with van der Waals surface area (Å²) in [5.41, 5.74) is 1.08. The molecule has 1 amide bonds. The molecule has 0 saturated heterocycles. The molecule has 0 radical (unpaired) electrons. The third-order valence-corrected chi connectivity index (χ3v) is 4.82. The van der Waals surface area contributed by atoms with Crippen LogP contribution in [-0.4, -0.2) is 50.3 Å². The van der Waals surface area contributed by atoms with Gasteiger partial charge in [0.1, 0.15) is 6.54 Å². The van der Waals surface area contributed by atoms with Crippen LogP contribution in [0.15, 0.2) is 40.2 Å². The van der Waals surface area contributed by atoms with Gasteiger partial charge in [-0.15, -0.1) is 0 Å². The zero-order chi connectivity index (χ0) is 21.3. The molecule has 154 valence electrons. The molecule has 10 heteroatoms. The lowest BCUT2D eigenvalue weighted by atomic mass is 10.1. The van der Waals surface area contributed by atoms with Crippen molar-refractivity contribution in [3.05, 3.63) is 57.0 Å². The monoisotopic (exact) mass is 400 g/mol. The minimum Gasteiger partial charge on any atom is -0.387 e. The van der Waals surface area contributed by atoms with Crippen LogP contribution in [0.2, 0.25) is 0 Å². The molecule has 3 rings (SSSR count). The lowest BCUT2D eigenvalue weighted by Gasteiger charge is -2.16. The largest absolute Gasteiger partial charge is 0.387 e. The molecule has 2 heterocycles. The number of nitrogens with one attached hydrogen (secondary N) is 1. The van der Waals surface area contributed by atoms with Gasteiger partial charge in [-0.1, -0.05) is 12.1 Å². The van der Waals surface area contributed by atoms with Gasteiger partial charge in [-0.05, 0) is 17.7 Å². The van der Waals surface area contributed by atoms with Gasteiger partial charge < -0.3 is 19.9 Å². The maximum absolute atomic E-state index is 12.4. The third-order valence-electron chi connectivity index (χ3n) is 4.82. The topological polar surface area (TPSA) is 114 Å². The molecule has 1 aromatic carbocycles. The van der Waals surface area contributed by atoms with Crippen LogP contribution in [0.3, 0.4) is 0 Å². The number of aromatic nitrogens is 4. The first-order chi connectivity index (χ1) is 13.7. The molecule has 2 N–H and O–H groups in total. The standard InChI is InChI=1S/C19H24N6O4/c1-22(2)13-7-5-12(6-8-13)14(26)9-20-15(27)10-25-11-21-17-16(25)18(28)24(4)19(29)23(17)3/h5-8,11,14,26H,9-10H2,1-4H3,(H,20,27). The first-order valence-electron chi connectivity index (χ1n) is 9.03. The van der Waals surface area contributed by atoms with Crippen molar-refractivity contribution in [3.8, 4) is 0 Å². The van der Waals surface area contributed by atoms with Crippen molar-refractivity contribution in [2.24, 2.45) is 14.1 Å². The predicted octanol–water partition coefficient (Wildman–Crippen LogP) is -0.650. The van der Waals surface area contributed by atoms with Crippen molar-refractivity contribution >= 4 is 22.8 Å². The second-order valence-corrected chi connectivity index (χ2v) is 7.06. The van der Waals surface area contributed by atoms with E-state index in [1.807, 2.05) is 31.1 Å². The van der Waals surface area contributed by atoms with Crippen molar-refractivity contribution in [3.63, 3.8) is 0 Å². The number of carbonyl (C=O) groups is 1. The Labute approximate surface area is 166 Å². The SMILES string of the molecule is CN(C)c1ccc(C(O)CNC(=O)Cn2cnc3c2c(=O)n(C)c(=O)n3C)cc1. The fourth-order valence-corrected chi connectivity index (χ4v) is 3.05. The van der Waals surface area contributed by atoms with Crippen LogP contribution in [-0.2, 0) is 25.4 Å². The van der Waals surface area contributed by atoms with E-state index in [9.17, 15) is 19.5 Å². The van der Waals surface area contributed by atoms with E-state index in [1.54, 1.807) is 12.1 Å². The van der Waals surface area contributed by atoms with Gasteiger partial charge >= 0.3 is 5.69 Å². The van der Waals surface area contributed by atoms with Gasteiger partial charge in [0.2, 0.25) is 5.91 Å². The number of carbonyl (C=O) groups excluding carboxylic acids is 1. The number of aliphatic hydroxyl groups is 1. The maximum Gasteiger partial charge on any atom is 0.332 e. The molecular formula is C19H24N6O4. The quantitative estimate of drug-likeness (QED) is 0.568. The molecule has 1 atom stereocenters. The van der Waals surface area contributed by atoms with Gasteiger partial charge in [0.25, 0.3) is 5.56 Å². The van der Waals surface area contributed by atoms with E-state index in [0.29, 0.717) is 5.56 Å². The maximum atomic E-state index is 12.4. The van der Waals surface area contributed by atoms with Crippen molar-refractivity contribution in [1.29, 1.82) is 0 Å². The molecule has 2 aromatic heterocycles. The lowest BCUT2D eigenvalue weighted by Crippen LogP contribution is -2.38. The van der Waals surface area contributed by atoms with Crippen LogP contribution in [0.1, 0.15) is 11.7 Å². The number of imidazole rings is 1. The molecule has 0 bridgehead atoms. The van der Waals surface area contributed by atoms with E-state index in [4.69, 9.17) is 0 Å². The molecule has 0 aliphatic carbocycles. The number of aliphatic hydroxyl groups excluding tert-OH is 1. The van der Waals surface area contributed by atoms with E-state index in [0.717, 1.165) is 10.3 Å². The molecular weight excluding hydrogens is 376 g/mol. The van der Waals surface area contributed by atoms with Gasteiger partial charge in [0.15, 0.2) is 11.2 Å². The Morgan fingerprint density at radius 1 is 1.17 bits per heavy atom. The summed E-state index contributed by atoms with van der Waals surface area (Å²) in [6, 6.07) is 7.38. The Bertz CT molecular complexity index is 1160. The predicted molar refractivity (Wildman–Crippen MR) is 109 cm³/mol. The smallest absolute Gasteiger partial charge is 0.332 e. The molecule has 0 aliphatic rings. The number of amides is 1. The Kier molecular flexibility index (Phi) is 5.55. The normalized spacial score (nSPS) is 12.2. The highest BCUT2D eigenvalue weighted by Crippen LogP contribution is 2.17. The number of fused-ring (bicyclic) bond motifs is 1. The zero-order valence-electron chi connectivity index (χ0n) is 16.8. The number of hydrogen-bond acceptors (Lipinski definition) is 6. The van der Waals surface area contributed by atoms with Gasteiger partial charge in [0, 0.05) is 40.4 Å². The summed E-state index contributed by atoms with van der Waals surface area (Å²) < 4.78 is 3.62. The van der Waals surface area contributed by atoms with Crippen molar-refractivity contribution in [2.75, 3.05) is 25.5 Å². The van der Waals surface area contributed by atoms with Gasteiger partial charge in [-0.25, -0.2) is 9.78 Å². The number of rotatable bonds is 6. The number of anilines is 1. The second-order valence-electron chi connectivity index (χ2n) is 7.06. The summed E-state index contributed by atoms with van der Waals surface area (Å²) in [5.74, 6) is -0.385. The zero-order valence-corrected chi connectivity index (χ0v) is 16.8. The van der Waals surface area contributed by atoms with Crippen LogP contribution in [0, 0.1) is 0 Å². The van der Waals surface area contributed by atoms with Crippen molar-refractivity contribution < 1.29 is 9.90 Å². The summed E-state index contributed by atoms with van der Waals surface area (Å²) in [7, 11) is 6.74. The molecule has 10 nitrogen and oxygen atoms in total. The van der Waals surface area contributed by atoms with Crippen LogP contribution in [0.4, 0.5) is 5.69 Å². The van der Waals surface area contributed by atoms with Crippen LogP contribution in [0.25, 0.3) is 11.2 Å². The number of benzene rings is 1. The number of hydrogen-bond donors (Lipinski definition) is 2. The Morgan fingerprint density at radius 3 is 2.45 bits per heavy atom. The van der Waals surface area contributed by atoms with E-state index in [-0.39, 0.29) is 30.2 Å². The first-order valence-corrected chi connectivity index (χ1v) is 9.03. The minimum absolute atomic E-state index is 0.0310. The Hall–Kier alpha value is -3.40. The fourth-order valence-electron chi connectivity index (χ4n) is 3.05. The molecule has 0 spiro atoms. The highest BCUT2D eigenvalue weighted by molar-refractivity contribution is 5.78. The summed E-state index contributed by atoms with van der Waals surface area (Å²) in [4.78, 5) is 42.7. The minimum atomic E-state index is -0.858. The van der Waals surface area contributed by atoms with Gasteiger partial charge in [0.05, 0.1) is 12.4 Å². The summed E-state index contributed by atoms with van der Waals surface area (Å²) in [5, 5.41) is 13.0. The summed E-state index contributed by atoms with van der Waals surface area (Å²) in [6.07, 6.45) is 0.491. The molecule has 0 aliphatic heterocycles. The van der Waals surface area contributed by atoms with E-state index < -0.39 is 17.4 Å². The van der Waals surface area contributed by atoms with Crippen LogP contribution >= 0.6 is 0 Å². The third kappa shape index (κ3) is 3.92. The number of aryl methyl sites for hydroxylation is 1. The molecule has 3 aromatic rings. The van der Waals surface area contributed by atoms with E-state index >= 15 is 0 Å². The molecule has 0 fully saturated rings. The average molecular weight is 400 g/mol. The molecule has 0 saturated carbocycles. The van der Waals surface area contributed by atoms with Gasteiger partial charge in [-0.3, -0.25) is 18.7 Å².